The van der Waals surface area contributed by atoms with Crippen molar-refractivity contribution < 1.29 is 4.79 Å². The van der Waals surface area contributed by atoms with E-state index in [0.717, 1.165) is 33.7 Å². The summed E-state index contributed by atoms with van der Waals surface area (Å²) in [5, 5.41) is 5.20. The molecule has 1 heterocycles. The second kappa shape index (κ2) is 6.82. The van der Waals surface area contributed by atoms with Crippen molar-refractivity contribution in [2.24, 2.45) is 4.99 Å². The van der Waals surface area contributed by atoms with E-state index in [0.29, 0.717) is 6.54 Å². The molecule has 0 aliphatic heterocycles. The smallest absolute Gasteiger partial charge is 0.162 e. The molecule has 0 amide bonds. The maximum Gasteiger partial charge on any atom is 0.162 e. The van der Waals surface area contributed by atoms with Gasteiger partial charge in [-0.2, -0.15) is 0 Å². The minimum atomic E-state index is 0.639. The highest BCUT2D eigenvalue weighted by Gasteiger charge is 2.07. The lowest BCUT2D eigenvalue weighted by atomic mass is 10.0. The van der Waals surface area contributed by atoms with Crippen molar-refractivity contribution in [1.82, 2.24) is 0 Å². The number of para-hydroxylation sites is 1. The Morgan fingerprint density at radius 1 is 1.40 bits per heavy atom. The molecular weight excluding hydrogens is 268 g/mol. The third-order valence-corrected chi connectivity index (χ3v) is 3.88. The van der Waals surface area contributed by atoms with Crippen LogP contribution in [0.2, 0.25) is 0 Å². The van der Waals surface area contributed by atoms with Gasteiger partial charge in [-0.1, -0.05) is 24.3 Å². The Balaban J connectivity index is 2.18. The fourth-order valence-electron chi connectivity index (χ4n) is 1.98. The van der Waals surface area contributed by atoms with E-state index in [-0.39, 0.29) is 0 Å². The van der Waals surface area contributed by atoms with Crippen molar-refractivity contribution >= 4 is 41.3 Å². The molecule has 0 radical (unpaired) electrons. The SMILES string of the molecule is C=Nc1ccccc1/C(=C\C)CNc1ccsc1C=O. The Hall–Kier alpha value is -2.20. The first-order valence-electron chi connectivity index (χ1n) is 6.28. The van der Waals surface area contributed by atoms with Gasteiger partial charge in [-0.05, 0) is 36.7 Å². The molecule has 102 valence electrons. The summed E-state index contributed by atoms with van der Waals surface area (Å²) in [7, 11) is 0. The van der Waals surface area contributed by atoms with Crippen molar-refractivity contribution in [1.29, 1.82) is 0 Å². The third-order valence-electron chi connectivity index (χ3n) is 3.04. The first-order valence-corrected chi connectivity index (χ1v) is 7.16. The Labute approximate surface area is 122 Å². The number of hydrogen-bond acceptors (Lipinski definition) is 4. The monoisotopic (exact) mass is 284 g/mol. The zero-order chi connectivity index (χ0) is 14.4. The molecule has 1 aromatic heterocycles. The number of aldehydes is 1. The topological polar surface area (TPSA) is 41.5 Å². The molecule has 0 aliphatic rings. The molecule has 0 atom stereocenters. The quantitative estimate of drug-likeness (QED) is 0.630. The van der Waals surface area contributed by atoms with Crippen molar-refractivity contribution in [3.05, 3.63) is 52.2 Å². The van der Waals surface area contributed by atoms with Gasteiger partial charge in [0.15, 0.2) is 6.29 Å². The van der Waals surface area contributed by atoms with Crippen molar-refractivity contribution in [2.75, 3.05) is 11.9 Å². The third kappa shape index (κ3) is 3.03. The summed E-state index contributed by atoms with van der Waals surface area (Å²) in [6.07, 6.45) is 2.92. The zero-order valence-electron chi connectivity index (χ0n) is 11.3. The standard InChI is InChI=1S/C16H16N2OS/c1-3-12(13-6-4-5-7-14(13)17-2)10-18-15-8-9-20-16(15)11-19/h3-9,11,18H,2,10H2,1H3/b12-3-. The molecule has 0 saturated carbocycles. The van der Waals surface area contributed by atoms with E-state index in [1.165, 1.54) is 11.3 Å². The number of benzene rings is 1. The summed E-state index contributed by atoms with van der Waals surface area (Å²) in [6.45, 7) is 6.23. The van der Waals surface area contributed by atoms with Gasteiger partial charge in [-0.3, -0.25) is 9.79 Å². The van der Waals surface area contributed by atoms with E-state index >= 15 is 0 Å². The fraction of sp³-hybridized carbons (Fsp3) is 0.125. The van der Waals surface area contributed by atoms with Crippen LogP contribution in [0.4, 0.5) is 11.4 Å². The number of nitrogens with zero attached hydrogens (tertiary/aromatic N) is 1. The highest BCUT2D eigenvalue weighted by Crippen LogP contribution is 2.27. The van der Waals surface area contributed by atoms with Gasteiger partial charge in [-0.15, -0.1) is 11.3 Å². The van der Waals surface area contributed by atoms with Crippen LogP contribution in [0.25, 0.3) is 5.57 Å². The van der Waals surface area contributed by atoms with E-state index in [1.54, 1.807) is 0 Å². The van der Waals surface area contributed by atoms with Crippen LogP contribution in [0.3, 0.4) is 0 Å². The Kier molecular flexibility index (Phi) is 4.85. The van der Waals surface area contributed by atoms with Crippen molar-refractivity contribution in [2.45, 2.75) is 6.92 Å². The molecule has 0 fully saturated rings. The minimum absolute atomic E-state index is 0.639. The Morgan fingerprint density at radius 3 is 2.90 bits per heavy atom. The second-order valence-corrected chi connectivity index (χ2v) is 5.11. The van der Waals surface area contributed by atoms with E-state index in [2.05, 4.69) is 17.0 Å². The van der Waals surface area contributed by atoms with E-state index in [4.69, 9.17) is 0 Å². The van der Waals surface area contributed by atoms with Crippen LogP contribution in [-0.4, -0.2) is 19.5 Å². The fourth-order valence-corrected chi connectivity index (χ4v) is 2.66. The molecule has 0 aliphatic carbocycles. The molecule has 0 spiro atoms. The summed E-state index contributed by atoms with van der Waals surface area (Å²) in [6, 6.07) is 9.80. The highest BCUT2D eigenvalue weighted by atomic mass is 32.1. The van der Waals surface area contributed by atoms with Crippen LogP contribution in [0.1, 0.15) is 22.2 Å². The summed E-state index contributed by atoms with van der Waals surface area (Å²) in [4.78, 5) is 15.7. The van der Waals surface area contributed by atoms with Crippen LogP contribution in [0, 0.1) is 0 Å². The molecule has 3 nitrogen and oxygen atoms in total. The summed E-state index contributed by atoms with van der Waals surface area (Å²) in [5.74, 6) is 0. The van der Waals surface area contributed by atoms with Crippen LogP contribution < -0.4 is 5.32 Å². The average molecular weight is 284 g/mol. The zero-order valence-corrected chi connectivity index (χ0v) is 12.1. The molecular formula is C16H16N2OS. The maximum absolute atomic E-state index is 10.9. The predicted octanol–water partition coefficient (Wildman–Crippen LogP) is 4.41. The number of thiophene rings is 1. The van der Waals surface area contributed by atoms with Gasteiger partial charge < -0.3 is 5.32 Å². The molecule has 4 heteroatoms. The number of carbonyl (C=O) groups excluding carboxylic acids is 1. The maximum atomic E-state index is 10.9. The Morgan fingerprint density at radius 2 is 2.20 bits per heavy atom. The number of carbonyl (C=O) groups is 1. The van der Waals surface area contributed by atoms with Gasteiger partial charge in [-0.25, -0.2) is 0 Å². The molecule has 2 aromatic rings. The largest absolute Gasteiger partial charge is 0.380 e. The molecule has 0 saturated heterocycles. The number of rotatable bonds is 6. The van der Waals surface area contributed by atoms with Gasteiger partial charge >= 0.3 is 0 Å². The molecule has 1 N–H and O–H groups in total. The van der Waals surface area contributed by atoms with Gasteiger partial charge in [0, 0.05) is 12.1 Å². The normalized spacial score (nSPS) is 11.2. The minimum Gasteiger partial charge on any atom is -0.380 e. The number of allylic oxidation sites excluding steroid dienone is 1. The number of hydrogen-bond donors (Lipinski definition) is 1. The van der Waals surface area contributed by atoms with Crippen molar-refractivity contribution in [3.63, 3.8) is 0 Å². The molecule has 0 unspecified atom stereocenters. The van der Waals surface area contributed by atoms with Crippen LogP contribution in [-0.2, 0) is 0 Å². The predicted molar refractivity (Wildman–Crippen MR) is 87.5 cm³/mol. The molecule has 20 heavy (non-hydrogen) atoms. The molecule has 0 bridgehead atoms. The first kappa shape index (κ1) is 14.2. The van der Waals surface area contributed by atoms with Crippen LogP contribution in [0.15, 0.2) is 46.8 Å². The van der Waals surface area contributed by atoms with Crippen molar-refractivity contribution in [3.8, 4) is 0 Å². The summed E-state index contributed by atoms with van der Waals surface area (Å²) < 4.78 is 0. The number of nitrogens with one attached hydrogen (secondary N) is 1. The summed E-state index contributed by atoms with van der Waals surface area (Å²) >= 11 is 1.43. The van der Waals surface area contributed by atoms with Crippen LogP contribution in [0.5, 0.6) is 0 Å². The highest BCUT2D eigenvalue weighted by molar-refractivity contribution is 7.12. The molecule has 1 aromatic carbocycles. The van der Waals surface area contributed by atoms with Gasteiger partial charge in [0.05, 0.1) is 16.3 Å². The van der Waals surface area contributed by atoms with E-state index in [9.17, 15) is 4.79 Å². The lowest BCUT2D eigenvalue weighted by Gasteiger charge is -2.12. The van der Waals surface area contributed by atoms with Gasteiger partial charge in [0.25, 0.3) is 0 Å². The van der Waals surface area contributed by atoms with Crippen LogP contribution >= 0.6 is 11.3 Å². The Bertz CT molecular complexity index is 643. The first-order chi connectivity index (χ1) is 9.80. The van der Waals surface area contributed by atoms with E-state index < -0.39 is 0 Å². The summed E-state index contributed by atoms with van der Waals surface area (Å²) in [5.41, 5.74) is 3.91. The number of anilines is 1. The second-order valence-electron chi connectivity index (χ2n) is 4.16. The number of aliphatic imine (C=N–C) groups is 1. The average Bonchev–Trinajstić information content (AvgIpc) is 2.96. The lowest BCUT2D eigenvalue weighted by molar-refractivity contribution is 0.112. The van der Waals surface area contributed by atoms with Gasteiger partial charge in [0.2, 0.25) is 0 Å². The molecule has 2 rings (SSSR count). The lowest BCUT2D eigenvalue weighted by Crippen LogP contribution is -2.05. The van der Waals surface area contributed by atoms with Gasteiger partial charge in [0.1, 0.15) is 0 Å². The van der Waals surface area contributed by atoms with E-state index in [1.807, 2.05) is 48.7 Å².